The fraction of sp³-hybridized carbons (Fsp3) is 0.333. The molecule has 1 N–H and O–H groups in total. The second-order valence-electron chi connectivity index (χ2n) is 2.83. The third kappa shape index (κ3) is 2.20. The highest BCUT2D eigenvalue weighted by atomic mass is 19.3. The fourth-order valence-corrected chi connectivity index (χ4v) is 1.20. The van der Waals surface area contributed by atoms with Crippen LogP contribution in [0.3, 0.4) is 0 Å². The molecule has 4 nitrogen and oxygen atoms in total. The van der Waals surface area contributed by atoms with E-state index in [1.165, 1.54) is 20.1 Å². The number of aromatic nitrogens is 1. The number of carboxylic acid groups (broad SMARTS) is 1. The molecule has 6 heteroatoms. The molecule has 0 radical (unpaired) electrons. The number of halogens is 2. The van der Waals surface area contributed by atoms with Gasteiger partial charge in [-0.15, -0.1) is 0 Å². The van der Waals surface area contributed by atoms with Crippen LogP contribution in [0.25, 0.3) is 0 Å². The topological polar surface area (TPSA) is 59.4 Å². The highest BCUT2D eigenvalue weighted by molar-refractivity contribution is 5.88. The van der Waals surface area contributed by atoms with Crippen molar-refractivity contribution in [2.24, 2.45) is 0 Å². The molecule has 0 bridgehead atoms. The molecule has 82 valence electrons. The third-order valence-electron chi connectivity index (χ3n) is 1.79. The Kier molecular flexibility index (Phi) is 3.18. The standard InChI is InChI=1S/C9H9F2NO3/c1-4-3-5(15-2)6(8(10)11)7(12-4)9(13)14/h3,8H,1-2H3,(H,13,14). The predicted molar refractivity (Wildman–Crippen MR) is 47.4 cm³/mol. The molecule has 0 saturated heterocycles. The zero-order chi connectivity index (χ0) is 11.6. The normalized spacial score (nSPS) is 10.5. The first-order valence-corrected chi connectivity index (χ1v) is 4.04. The van der Waals surface area contributed by atoms with Crippen molar-refractivity contribution in [3.05, 3.63) is 23.0 Å². The molecule has 15 heavy (non-hydrogen) atoms. The lowest BCUT2D eigenvalue weighted by Crippen LogP contribution is -2.09. The summed E-state index contributed by atoms with van der Waals surface area (Å²) in [5.74, 6) is -1.65. The molecule has 0 aliphatic heterocycles. The average molecular weight is 217 g/mol. The maximum atomic E-state index is 12.6. The molecule has 1 aromatic rings. The first-order chi connectivity index (χ1) is 6.97. The number of ether oxygens (including phenoxy) is 1. The lowest BCUT2D eigenvalue weighted by Gasteiger charge is -2.10. The number of pyridine rings is 1. The minimum absolute atomic E-state index is 0.157. The minimum atomic E-state index is -2.93. The van der Waals surface area contributed by atoms with Crippen molar-refractivity contribution in [3.8, 4) is 5.75 Å². The molecule has 0 atom stereocenters. The fourth-order valence-electron chi connectivity index (χ4n) is 1.20. The van der Waals surface area contributed by atoms with E-state index in [9.17, 15) is 13.6 Å². The van der Waals surface area contributed by atoms with Crippen LogP contribution in [0.1, 0.15) is 28.2 Å². The molecule has 0 saturated carbocycles. The van der Waals surface area contributed by atoms with Crippen molar-refractivity contribution in [1.29, 1.82) is 0 Å². The van der Waals surface area contributed by atoms with Gasteiger partial charge < -0.3 is 9.84 Å². The van der Waals surface area contributed by atoms with Crippen molar-refractivity contribution in [3.63, 3.8) is 0 Å². The Bertz CT molecular complexity index is 393. The van der Waals surface area contributed by atoms with Crippen LogP contribution in [0.15, 0.2) is 6.07 Å². The van der Waals surface area contributed by atoms with Gasteiger partial charge in [-0.05, 0) is 6.92 Å². The van der Waals surface area contributed by atoms with Gasteiger partial charge in [-0.1, -0.05) is 0 Å². The lowest BCUT2D eigenvalue weighted by molar-refractivity contribution is 0.0675. The Morgan fingerprint density at radius 1 is 1.60 bits per heavy atom. The number of nitrogens with zero attached hydrogens (tertiary/aromatic N) is 1. The molecule has 0 aromatic carbocycles. The molecule has 1 rings (SSSR count). The number of carbonyl (C=O) groups is 1. The second-order valence-corrected chi connectivity index (χ2v) is 2.83. The summed E-state index contributed by atoms with van der Waals surface area (Å²) in [6, 6.07) is 1.27. The number of hydrogen-bond acceptors (Lipinski definition) is 3. The lowest BCUT2D eigenvalue weighted by atomic mass is 10.1. The van der Waals surface area contributed by atoms with Gasteiger partial charge in [0, 0.05) is 11.8 Å². The highest BCUT2D eigenvalue weighted by Crippen LogP contribution is 2.31. The summed E-state index contributed by atoms with van der Waals surface area (Å²) in [5.41, 5.74) is -1.04. The van der Waals surface area contributed by atoms with Crippen LogP contribution in [0.5, 0.6) is 5.75 Å². The molecule has 0 aliphatic rings. The van der Waals surface area contributed by atoms with Crippen LogP contribution in [-0.4, -0.2) is 23.2 Å². The summed E-state index contributed by atoms with van der Waals surface area (Å²) in [6.07, 6.45) is -2.93. The molecule has 0 aliphatic carbocycles. The summed E-state index contributed by atoms with van der Waals surface area (Å²) in [6.45, 7) is 1.50. The SMILES string of the molecule is COc1cc(C)nc(C(=O)O)c1C(F)F. The molecule has 0 spiro atoms. The van der Waals surface area contributed by atoms with E-state index in [-0.39, 0.29) is 5.75 Å². The Hall–Kier alpha value is -1.72. The van der Waals surface area contributed by atoms with Gasteiger partial charge in [-0.3, -0.25) is 0 Å². The Labute approximate surface area is 84.5 Å². The van der Waals surface area contributed by atoms with Crippen molar-refractivity contribution in [1.82, 2.24) is 4.98 Å². The summed E-state index contributed by atoms with van der Waals surface area (Å²) < 4.78 is 29.9. The second kappa shape index (κ2) is 4.20. The number of rotatable bonds is 3. The maximum absolute atomic E-state index is 12.6. The number of carboxylic acids is 1. The largest absolute Gasteiger partial charge is 0.496 e. The molecule has 1 aromatic heterocycles. The van der Waals surface area contributed by atoms with E-state index in [1.54, 1.807) is 0 Å². The smallest absolute Gasteiger partial charge is 0.355 e. The molecule has 0 amide bonds. The van der Waals surface area contributed by atoms with E-state index in [1.807, 2.05) is 0 Å². The number of hydrogen-bond donors (Lipinski definition) is 1. The first-order valence-electron chi connectivity index (χ1n) is 4.04. The van der Waals surface area contributed by atoms with Crippen LogP contribution >= 0.6 is 0 Å². The molecule has 0 fully saturated rings. The summed E-state index contributed by atoms with van der Waals surface area (Å²) >= 11 is 0. The van der Waals surface area contributed by atoms with Crippen LogP contribution in [0.4, 0.5) is 8.78 Å². The summed E-state index contributed by atoms with van der Waals surface area (Å²) in [4.78, 5) is 14.2. The van der Waals surface area contributed by atoms with Crippen LogP contribution in [-0.2, 0) is 0 Å². The van der Waals surface area contributed by atoms with Crippen molar-refractivity contribution in [2.75, 3.05) is 7.11 Å². The zero-order valence-electron chi connectivity index (χ0n) is 8.12. The average Bonchev–Trinajstić information content (AvgIpc) is 2.15. The van der Waals surface area contributed by atoms with Gasteiger partial charge in [0.1, 0.15) is 5.75 Å². The van der Waals surface area contributed by atoms with E-state index >= 15 is 0 Å². The molecule has 0 unspecified atom stereocenters. The highest BCUT2D eigenvalue weighted by Gasteiger charge is 2.24. The van der Waals surface area contributed by atoms with Crippen molar-refractivity contribution < 1.29 is 23.4 Å². The Morgan fingerprint density at radius 3 is 2.60 bits per heavy atom. The third-order valence-corrected chi connectivity index (χ3v) is 1.79. The van der Waals surface area contributed by atoms with Gasteiger partial charge in [0.05, 0.1) is 12.7 Å². The zero-order valence-corrected chi connectivity index (χ0v) is 8.12. The van der Waals surface area contributed by atoms with Gasteiger partial charge in [0.15, 0.2) is 5.69 Å². The van der Waals surface area contributed by atoms with Crippen LogP contribution in [0.2, 0.25) is 0 Å². The van der Waals surface area contributed by atoms with Gasteiger partial charge in [0.25, 0.3) is 6.43 Å². The molecular formula is C9H9F2NO3. The maximum Gasteiger partial charge on any atom is 0.355 e. The van der Waals surface area contributed by atoms with Gasteiger partial charge >= 0.3 is 5.97 Å². The Balaban J connectivity index is 3.47. The predicted octanol–water partition coefficient (Wildman–Crippen LogP) is 2.03. The van der Waals surface area contributed by atoms with E-state index in [4.69, 9.17) is 9.84 Å². The van der Waals surface area contributed by atoms with Crippen molar-refractivity contribution >= 4 is 5.97 Å². The summed E-state index contributed by atoms with van der Waals surface area (Å²) in [5, 5.41) is 8.71. The number of aryl methyl sites for hydroxylation is 1. The van der Waals surface area contributed by atoms with E-state index in [0.29, 0.717) is 5.69 Å². The molecule has 1 heterocycles. The molecular weight excluding hydrogens is 208 g/mol. The van der Waals surface area contributed by atoms with Gasteiger partial charge in [-0.2, -0.15) is 0 Å². The summed E-state index contributed by atoms with van der Waals surface area (Å²) in [7, 11) is 1.20. The minimum Gasteiger partial charge on any atom is -0.496 e. The van der Waals surface area contributed by atoms with Crippen LogP contribution in [0, 0.1) is 6.92 Å². The van der Waals surface area contributed by atoms with Gasteiger partial charge in [-0.25, -0.2) is 18.6 Å². The van der Waals surface area contributed by atoms with E-state index < -0.39 is 23.7 Å². The number of alkyl halides is 2. The van der Waals surface area contributed by atoms with E-state index in [2.05, 4.69) is 4.98 Å². The van der Waals surface area contributed by atoms with Gasteiger partial charge in [0.2, 0.25) is 0 Å². The first kappa shape index (κ1) is 11.4. The van der Waals surface area contributed by atoms with E-state index in [0.717, 1.165) is 0 Å². The monoisotopic (exact) mass is 217 g/mol. The van der Waals surface area contributed by atoms with Crippen LogP contribution < -0.4 is 4.74 Å². The quantitative estimate of drug-likeness (QED) is 0.841. The van der Waals surface area contributed by atoms with Crippen molar-refractivity contribution in [2.45, 2.75) is 13.3 Å². The number of aromatic carboxylic acids is 1. The number of methoxy groups -OCH3 is 1. The Morgan fingerprint density at radius 2 is 2.20 bits per heavy atom.